The number of likely N-dealkylation sites (N-methyl/N-ethyl adjacent to an activating group) is 1. The number of carbonyl (C=O) groups is 1. The molecular formula is C32H33F3N6O3. The lowest BCUT2D eigenvalue weighted by Crippen LogP contribution is -2.43. The van der Waals surface area contributed by atoms with E-state index in [0.29, 0.717) is 59.0 Å². The molecule has 0 unspecified atom stereocenters. The fourth-order valence-electron chi connectivity index (χ4n) is 7.28. The number of pyridine rings is 1. The van der Waals surface area contributed by atoms with Crippen LogP contribution in [-0.2, 0) is 0 Å². The number of amides is 1. The van der Waals surface area contributed by atoms with Gasteiger partial charge in [-0.1, -0.05) is 24.3 Å². The third-order valence-corrected chi connectivity index (χ3v) is 9.71. The third-order valence-electron chi connectivity index (χ3n) is 9.71. The number of aromatic nitrogens is 3. The van der Waals surface area contributed by atoms with E-state index in [9.17, 15) is 18.7 Å². The zero-order valence-electron chi connectivity index (χ0n) is 24.6. The molecule has 3 saturated heterocycles. The van der Waals surface area contributed by atoms with Crippen molar-refractivity contribution in [3.05, 3.63) is 53.7 Å². The van der Waals surface area contributed by atoms with Crippen LogP contribution in [0.5, 0.6) is 6.01 Å². The van der Waals surface area contributed by atoms with Gasteiger partial charge in [-0.3, -0.25) is 9.88 Å². The van der Waals surface area contributed by atoms with Gasteiger partial charge in [-0.05, 0) is 55.1 Å². The maximum atomic E-state index is 16.6. The van der Waals surface area contributed by atoms with Crippen LogP contribution in [0, 0.1) is 18.6 Å². The van der Waals surface area contributed by atoms with E-state index < -0.39 is 23.6 Å². The summed E-state index contributed by atoms with van der Waals surface area (Å²) < 4.78 is 51.5. The highest BCUT2D eigenvalue weighted by molar-refractivity contribution is 6.00. The lowest BCUT2D eigenvalue weighted by molar-refractivity contribution is 0.107. The summed E-state index contributed by atoms with van der Waals surface area (Å²) in [6, 6.07) is 8.00. The Morgan fingerprint density at radius 1 is 1.14 bits per heavy atom. The number of ether oxygens (including phenoxy) is 1. The third kappa shape index (κ3) is 4.66. The summed E-state index contributed by atoms with van der Waals surface area (Å²) >= 11 is 0. The number of benzene rings is 2. The first-order valence-electron chi connectivity index (χ1n) is 14.9. The van der Waals surface area contributed by atoms with Gasteiger partial charge in [-0.15, -0.1) is 0 Å². The molecule has 0 radical (unpaired) electrons. The molecule has 3 atom stereocenters. The highest BCUT2D eigenvalue weighted by Gasteiger charge is 2.49. The monoisotopic (exact) mass is 606 g/mol. The Labute approximate surface area is 252 Å². The number of aryl methyl sites for hydroxylation is 1. The standard InChI is InChI=1S/C32H33F3N6O3/c1-18-21-5-3-6-23(22(21)7-8-25(18)34)27-26(35)28-24(14-36-27)29(39(2)20-9-12-40(16-20)31(42)43)38-30(37-28)44-17-32-10-4-11-41(32)15-19(33)13-32/h3,5-8,14,19-20H,4,9-13,15-17H2,1-2H3,(H,42,43)/t19-,20-,32+/m1/s1. The second-order valence-corrected chi connectivity index (χ2v) is 12.2. The second kappa shape index (κ2) is 10.8. The SMILES string of the molecule is Cc1c(F)ccc2c(-c3ncc4c(N(C)[C@@H]5CCN(C(=O)O)C5)nc(OC[C@@]56CCCN5C[C@H](F)C6)nc4c3F)cccc12. The minimum absolute atomic E-state index is 0.00124. The van der Waals surface area contributed by atoms with Crippen LogP contribution in [0.4, 0.5) is 23.8 Å². The van der Waals surface area contributed by atoms with Gasteiger partial charge in [-0.25, -0.2) is 18.0 Å². The van der Waals surface area contributed by atoms with E-state index in [1.54, 1.807) is 38.2 Å². The maximum Gasteiger partial charge on any atom is 0.407 e. The molecule has 0 aliphatic carbocycles. The molecule has 5 heterocycles. The van der Waals surface area contributed by atoms with E-state index in [4.69, 9.17) is 4.74 Å². The van der Waals surface area contributed by atoms with Crippen LogP contribution in [-0.4, -0.2) is 93.5 Å². The van der Waals surface area contributed by atoms with E-state index in [2.05, 4.69) is 19.9 Å². The molecule has 3 aliphatic rings. The molecule has 4 aromatic rings. The van der Waals surface area contributed by atoms with Crippen LogP contribution < -0.4 is 9.64 Å². The summed E-state index contributed by atoms with van der Waals surface area (Å²) in [6.45, 7) is 3.66. The van der Waals surface area contributed by atoms with Gasteiger partial charge in [0.15, 0.2) is 5.82 Å². The van der Waals surface area contributed by atoms with Crippen molar-refractivity contribution in [1.29, 1.82) is 0 Å². The van der Waals surface area contributed by atoms with Crippen molar-refractivity contribution in [2.24, 2.45) is 0 Å². The van der Waals surface area contributed by atoms with Crippen LogP contribution in [0.2, 0.25) is 0 Å². The molecular weight excluding hydrogens is 573 g/mol. The van der Waals surface area contributed by atoms with Gasteiger partial charge in [0.25, 0.3) is 0 Å². The quantitative estimate of drug-likeness (QED) is 0.304. The van der Waals surface area contributed by atoms with Crippen molar-refractivity contribution in [1.82, 2.24) is 24.8 Å². The van der Waals surface area contributed by atoms with Gasteiger partial charge in [0, 0.05) is 50.9 Å². The van der Waals surface area contributed by atoms with E-state index in [0.717, 1.165) is 19.4 Å². The largest absolute Gasteiger partial charge is 0.465 e. The van der Waals surface area contributed by atoms with Crippen molar-refractivity contribution >= 4 is 33.6 Å². The minimum atomic E-state index is -0.997. The summed E-state index contributed by atoms with van der Waals surface area (Å²) in [5.41, 5.74) is 0.565. The average molecular weight is 607 g/mol. The molecule has 1 N–H and O–H groups in total. The van der Waals surface area contributed by atoms with Gasteiger partial charge in [-0.2, -0.15) is 9.97 Å². The first kappa shape index (κ1) is 28.6. The Morgan fingerprint density at radius 2 is 1.98 bits per heavy atom. The Morgan fingerprint density at radius 3 is 2.77 bits per heavy atom. The minimum Gasteiger partial charge on any atom is -0.465 e. The van der Waals surface area contributed by atoms with Crippen molar-refractivity contribution in [3.63, 3.8) is 0 Å². The molecule has 3 aliphatic heterocycles. The van der Waals surface area contributed by atoms with Crippen molar-refractivity contribution < 1.29 is 27.8 Å². The van der Waals surface area contributed by atoms with Gasteiger partial charge < -0.3 is 19.6 Å². The fourth-order valence-corrected chi connectivity index (χ4v) is 7.28. The molecule has 2 aromatic heterocycles. The summed E-state index contributed by atoms with van der Waals surface area (Å²) in [6.07, 6.45) is 2.27. The molecule has 230 valence electrons. The van der Waals surface area contributed by atoms with Crippen LogP contribution in [0.1, 0.15) is 31.2 Å². The summed E-state index contributed by atoms with van der Waals surface area (Å²) in [7, 11) is 1.79. The van der Waals surface area contributed by atoms with Crippen LogP contribution >= 0.6 is 0 Å². The molecule has 7 rings (SSSR count). The number of rotatable bonds is 6. The number of nitrogens with zero attached hydrogens (tertiary/aromatic N) is 6. The topological polar surface area (TPSA) is 94.9 Å². The zero-order valence-corrected chi connectivity index (χ0v) is 24.6. The molecule has 1 amide bonds. The Balaban J connectivity index is 1.33. The fraction of sp³-hybridized carbons (Fsp3) is 0.438. The molecule has 0 saturated carbocycles. The van der Waals surface area contributed by atoms with Crippen LogP contribution in [0.15, 0.2) is 36.5 Å². The van der Waals surface area contributed by atoms with E-state index >= 15 is 4.39 Å². The van der Waals surface area contributed by atoms with Crippen LogP contribution in [0.25, 0.3) is 32.9 Å². The first-order valence-corrected chi connectivity index (χ1v) is 14.9. The average Bonchev–Trinajstić information content (AvgIpc) is 3.72. The number of hydrogen-bond donors (Lipinski definition) is 1. The molecule has 0 spiro atoms. The maximum absolute atomic E-state index is 16.6. The molecule has 3 fully saturated rings. The highest BCUT2D eigenvalue weighted by atomic mass is 19.1. The van der Waals surface area contributed by atoms with E-state index in [1.165, 1.54) is 17.2 Å². The van der Waals surface area contributed by atoms with E-state index in [1.807, 2.05) is 4.90 Å². The van der Waals surface area contributed by atoms with E-state index in [-0.39, 0.29) is 42.2 Å². The summed E-state index contributed by atoms with van der Waals surface area (Å²) in [5, 5.41) is 11.2. The number of halogens is 3. The normalized spacial score (nSPS) is 23.5. The molecule has 12 heteroatoms. The van der Waals surface area contributed by atoms with Crippen molar-refractivity contribution in [3.8, 4) is 17.3 Å². The van der Waals surface area contributed by atoms with Gasteiger partial charge in [0.05, 0.1) is 10.9 Å². The Kier molecular flexibility index (Phi) is 6.99. The van der Waals surface area contributed by atoms with Gasteiger partial charge >= 0.3 is 12.1 Å². The number of fused-ring (bicyclic) bond motifs is 3. The highest BCUT2D eigenvalue weighted by Crippen LogP contribution is 2.41. The predicted octanol–water partition coefficient (Wildman–Crippen LogP) is 5.58. The predicted molar refractivity (Wildman–Crippen MR) is 160 cm³/mol. The van der Waals surface area contributed by atoms with Crippen molar-refractivity contribution in [2.45, 2.75) is 50.4 Å². The zero-order chi connectivity index (χ0) is 30.7. The number of hydrogen-bond acceptors (Lipinski definition) is 7. The van der Waals surface area contributed by atoms with Crippen molar-refractivity contribution in [2.75, 3.05) is 44.7 Å². The molecule has 2 aromatic carbocycles. The number of likely N-dealkylation sites (tertiary alicyclic amines) is 1. The molecule has 9 nitrogen and oxygen atoms in total. The Bertz CT molecular complexity index is 1790. The Hall–Kier alpha value is -4.19. The van der Waals surface area contributed by atoms with Gasteiger partial charge in [0.2, 0.25) is 0 Å². The second-order valence-electron chi connectivity index (χ2n) is 12.2. The lowest BCUT2D eigenvalue weighted by Gasteiger charge is -2.31. The number of alkyl halides is 1. The lowest BCUT2D eigenvalue weighted by atomic mass is 9.95. The number of carboxylic acid groups (broad SMARTS) is 1. The molecule has 0 bridgehead atoms. The van der Waals surface area contributed by atoms with Crippen LogP contribution in [0.3, 0.4) is 0 Å². The van der Waals surface area contributed by atoms with Gasteiger partial charge in [0.1, 0.15) is 35.6 Å². The summed E-state index contributed by atoms with van der Waals surface area (Å²) in [4.78, 5) is 30.6. The number of anilines is 1. The summed E-state index contributed by atoms with van der Waals surface area (Å²) in [5.74, 6) is -0.659. The molecule has 44 heavy (non-hydrogen) atoms. The first-order chi connectivity index (χ1) is 21.1. The smallest absolute Gasteiger partial charge is 0.407 e.